The number of anilines is 3. The molecule has 0 aliphatic heterocycles. The van der Waals surface area contributed by atoms with Crippen LogP contribution in [-0.4, -0.2) is 28.4 Å². The van der Waals surface area contributed by atoms with Crippen LogP contribution in [0, 0.1) is 0 Å². The third-order valence-corrected chi connectivity index (χ3v) is 4.72. The van der Waals surface area contributed by atoms with E-state index in [0.29, 0.717) is 5.69 Å². The number of hydrogen-bond acceptors (Lipinski definition) is 5. The van der Waals surface area contributed by atoms with Crippen LogP contribution in [0.3, 0.4) is 0 Å². The molecule has 0 unspecified atom stereocenters. The summed E-state index contributed by atoms with van der Waals surface area (Å²) in [4.78, 5) is 16.5. The van der Waals surface area contributed by atoms with E-state index in [1.54, 1.807) is 19.4 Å². The highest BCUT2D eigenvalue weighted by Crippen LogP contribution is 2.30. The molecule has 0 atom stereocenters. The number of carbonyl (C=O) groups excluding carboxylic acids is 1. The van der Waals surface area contributed by atoms with E-state index in [0.717, 1.165) is 33.8 Å². The van der Waals surface area contributed by atoms with Crippen LogP contribution < -0.4 is 15.4 Å². The van der Waals surface area contributed by atoms with Crippen molar-refractivity contribution >= 4 is 34.1 Å². The second-order valence-electron chi connectivity index (χ2n) is 8.31. The van der Waals surface area contributed by atoms with Crippen molar-refractivity contribution in [3.8, 4) is 11.6 Å². The standard InChI is InChI=1S/C25H26N4O3/c1-25(2,3)32-24(30)28-18-11-12-23(26-16-18)29-14-13-20-21(9-6-10-22(20)29)27-17-7-5-8-19(15-17)31-4/h5-16,27H,1-4H3,(H,28,30). The minimum Gasteiger partial charge on any atom is -0.497 e. The van der Waals surface area contributed by atoms with Crippen molar-refractivity contribution in [3.05, 3.63) is 73.1 Å². The lowest BCUT2D eigenvalue weighted by Gasteiger charge is -2.19. The molecule has 2 aromatic heterocycles. The van der Waals surface area contributed by atoms with Crippen molar-refractivity contribution in [2.75, 3.05) is 17.7 Å². The summed E-state index contributed by atoms with van der Waals surface area (Å²) < 4.78 is 12.6. The summed E-state index contributed by atoms with van der Waals surface area (Å²) in [5.74, 6) is 1.54. The first-order chi connectivity index (χ1) is 15.3. The molecule has 0 aliphatic carbocycles. The largest absolute Gasteiger partial charge is 0.497 e. The lowest BCUT2D eigenvalue weighted by Crippen LogP contribution is -2.27. The van der Waals surface area contributed by atoms with Gasteiger partial charge in [0, 0.05) is 29.0 Å². The molecule has 4 aromatic rings. The minimum absolute atomic E-state index is 0.508. The van der Waals surface area contributed by atoms with Crippen molar-refractivity contribution in [2.24, 2.45) is 0 Å². The van der Waals surface area contributed by atoms with E-state index in [1.807, 2.05) is 86.1 Å². The van der Waals surface area contributed by atoms with Crippen LogP contribution in [0.5, 0.6) is 5.75 Å². The summed E-state index contributed by atoms with van der Waals surface area (Å²) in [6.07, 6.45) is 3.08. The number of methoxy groups -OCH3 is 1. The molecule has 0 saturated carbocycles. The Balaban J connectivity index is 1.56. The zero-order valence-electron chi connectivity index (χ0n) is 18.5. The summed E-state index contributed by atoms with van der Waals surface area (Å²) in [5.41, 5.74) is 2.95. The fourth-order valence-electron chi connectivity index (χ4n) is 3.36. The van der Waals surface area contributed by atoms with Gasteiger partial charge in [-0.25, -0.2) is 9.78 Å². The number of amides is 1. The van der Waals surface area contributed by atoms with E-state index in [2.05, 4.69) is 15.6 Å². The van der Waals surface area contributed by atoms with Gasteiger partial charge in [-0.15, -0.1) is 0 Å². The predicted molar refractivity (Wildman–Crippen MR) is 127 cm³/mol. The molecule has 2 aromatic carbocycles. The Morgan fingerprint density at radius 2 is 1.81 bits per heavy atom. The lowest BCUT2D eigenvalue weighted by molar-refractivity contribution is 0.0636. The van der Waals surface area contributed by atoms with E-state index < -0.39 is 11.7 Å². The molecule has 32 heavy (non-hydrogen) atoms. The van der Waals surface area contributed by atoms with Gasteiger partial charge < -0.3 is 19.4 Å². The van der Waals surface area contributed by atoms with E-state index in [4.69, 9.17) is 9.47 Å². The van der Waals surface area contributed by atoms with Gasteiger partial charge >= 0.3 is 6.09 Å². The van der Waals surface area contributed by atoms with Crippen molar-refractivity contribution < 1.29 is 14.3 Å². The lowest BCUT2D eigenvalue weighted by atomic mass is 10.2. The second kappa shape index (κ2) is 8.63. The molecule has 0 saturated heterocycles. The second-order valence-corrected chi connectivity index (χ2v) is 8.31. The number of benzene rings is 2. The first-order valence-electron chi connectivity index (χ1n) is 10.3. The first kappa shape index (κ1) is 21.2. The maximum absolute atomic E-state index is 12.0. The fourth-order valence-corrected chi connectivity index (χ4v) is 3.36. The Bertz CT molecular complexity index is 1240. The maximum atomic E-state index is 12.0. The van der Waals surface area contributed by atoms with Crippen LogP contribution in [-0.2, 0) is 4.74 Å². The summed E-state index contributed by atoms with van der Waals surface area (Å²) in [6.45, 7) is 5.47. The zero-order chi connectivity index (χ0) is 22.7. The molecule has 2 N–H and O–H groups in total. The van der Waals surface area contributed by atoms with Gasteiger partial charge in [0.15, 0.2) is 0 Å². The highest BCUT2D eigenvalue weighted by Gasteiger charge is 2.16. The quantitative estimate of drug-likeness (QED) is 0.399. The SMILES string of the molecule is COc1cccc(Nc2cccc3c2ccn3-c2ccc(NC(=O)OC(C)(C)C)cn2)c1. The molecule has 164 valence electrons. The van der Waals surface area contributed by atoms with Gasteiger partial charge in [0.05, 0.1) is 24.5 Å². The number of hydrogen-bond donors (Lipinski definition) is 2. The van der Waals surface area contributed by atoms with Gasteiger partial charge in [0.2, 0.25) is 0 Å². The number of pyridine rings is 1. The molecule has 1 amide bonds. The summed E-state index contributed by atoms with van der Waals surface area (Å²) in [6, 6.07) is 19.6. The van der Waals surface area contributed by atoms with Crippen LogP contribution >= 0.6 is 0 Å². The Labute approximate surface area is 187 Å². The number of nitrogens with one attached hydrogen (secondary N) is 2. The van der Waals surface area contributed by atoms with Crippen LogP contribution in [0.15, 0.2) is 73.1 Å². The van der Waals surface area contributed by atoms with Gasteiger partial charge in [0.25, 0.3) is 0 Å². The van der Waals surface area contributed by atoms with Crippen molar-refractivity contribution in [1.29, 1.82) is 0 Å². The first-order valence-corrected chi connectivity index (χ1v) is 10.3. The molecule has 7 heteroatoms. The Morgan fingerprint density at radius 3 is 2.53 bits per heavy atom. The number of aromatic nitrogens is 2. The molecule has 7 nitrogen and oxygen atoms in total. The third-order valence-electron chi connectivity index (χ3n) is 4.72. The molecule has 2 heterocycles. The fraction of sp³-hybridized carbons (Fsp3) is 0.200. The highest BCUT2D eigenvalue weighted by atomic mass is 16.6. The smallest absolute Gasteiger partial charge is 0.412 e. The summed E-state index contributed by atoms with van der Waals surface area (Å²) >= 11 is 0. The molecular formula is C25H26N4O3. The Hall–Kier alpha value is -4.00. The molecular weight excluding hydrogens is 404 g/mol. The van der Waals surface area contributed by atoms with Gasteiger partial charge in [-0.3, -0.25) is 5.32 Å². The van der Waals surface area contributed by atoms with Crippen LogP contribution in [0.25, 0.3) is 16.7 Å². The molecule has 0 spiro atoms. The molecule has 0 bridgehead atoms. The molecule has 0 aliphatic rings. The molecule has 0 radical (unpaired) electrons. The third kappa shape index (κ3) is 4.83. The highest BCUT2D eigenvalue weighted by molar-refractivity contribution is 5.95. The average Bonchev–Trinajstić information content (AvgIpc) is 3.18. The van der Waals surface area contributed by atoms with E-state index in [9.17, 15) is 4.79 Å². The van der Waals surface area contributed by atoms with Crippen molar-refractivity contribution in [2.45, 2.75) is 26.4 Å². The minimum atomic E-state index is -0.557. The van der Waals surface area contributed by atoms with Gasteiger partial charge in [-0.1, -0.05) is 12.1 Å². The van der Waals surface area contributed by atoms with Gasteiger partial charge in [-0.05, 0) is 63.2 Å². The molecule has 4 rings (SSSR count). The van der Waals surface area contributed by atoms with Crippen LogP contribution in [0.2, 0.25) is 0 Å². The van der Waals surface area contributed by atoms with Crippen molar-refractivity contribution in [3.63, 3.8) is 0 Å². The van der Waals surface area contributed by atoms with E-state index >= 15 is 0 Å². The van der Waals surface area contributed by atoms with Crippen LogP contribution in [0.1, 0.15) is 20.8 Å². The monoisotopic (exact) mass is 430 g/mol. The predicted octanol–water partition coefficient (Wildman–Crippen LogP) is 6.12. The van der Waals surface area contributed by atoms with E-state index in [-0.39, 0.29) is 0 Å². The topological polar surface area (TPSA) is 77.4 Å². The molecule has 0 fully saturated rings. The average molecular weight is 431 g/mol. The van der Waals surface area contributed by atoms with Crippen LogP contribution in [0.4, 0.5) is 21.9 Å². The number of carbonyl (C=O) groups is 1. The normalized spacial score (nSPS) is 11.2. The Kier molecular flexibility index (Phi) is 5.73. The number of nitrogens with zero attached hydrogens (tertiary/aromatic N) is 2. The van der Waals surface area contributed by atoms with E-state index in [1.165, 1.54) is 0 Å². The van der Waals surface area contributed by atoms with Crippen molar-refractivity contribution in [1.82, 2.24) is 9.55 Å². The summed E-state index contributed by atoms with van der Waals surface area (Å²) in [5, 5.41) is 7.22. The Morgan fingerprint density at radius 1 is 1.00 bits per heavy atom. The number of ether oxygens (including phenoxy) is 2. The zero-order valence-corrected chi connectivity index (χ0v) is 18.5. The summed E-state index contributed by atoms with van der Waals surface area (Å²) in [7, 11) is 1.65. The number of fused-ring (bicyclic) bond motifs is 1. The number of rotatable bonds is 5. The maximum Gasteiger partial charge on any atom is 0.412 e. The van der Waals surface area contributed by atoms with Gasteiger partial charge in [0.1, 0.15) is 17.2 Å². The van der Waals surface area contributed by atoms with Gasteiger partial charge in [-0.2, -0.15) is 0 Å².